The van der Waals surface area contributed by atoms with Crippen LogP contribution in [0.4, 0.5) is 0 Å². The standard InChI is InChI=1S/C17H24N2O4/c1-17(22,10-19-7-3-4-12(19)9-20)11-5-6-13-14(8-11)15(21)18-16(13)23-2/h5-6,8,12,16,20,22H,3-4,7,9-10H2,1-2H3,(H,18,21)/t12-,16?,17?/m0/s1. The molecule has 23 heavy (non-hydrogen) atoms. The number of ether oxygens (including phenoxy) is 1. The lowest BCUT2D eigenvalue weighted by molar-refractivity contribution is 0.00490. The van der Waals surface area contributed by atoms with E-state index in [0.717, 1.165) is 24.9 Å². The van der Waals surface area contributed by atoms with E-state index in [2.05, 4.69) is 10.2 Å². The minimum atomic E-state index is -1.09. The third kappa shape index (κ3) is 2.99. The summed E-state index contributed by atoms with van der Waals surface area (Å²) in [7, 11) is 1.55. The maximum absolute atomic E-state index is 12.0. The molecule has 2 unspecified atom stereocenters. The number of likely N-dealkylation sites (tertiary alicyclic amines) is 1. The number of hydrogen-bond donors (Lipinski definition) is 3. The third-order valence-corrected chi connectivity index (χ3v) is 4.92. The molecular weight excluding hydrogens is 296 g/mol. The van der Waals surface area contributed by atoms with Crippen LogP contribution in [-0.4, -0.2) is 53.9 Å². The molecule has 3 N–H and O–H groups in total. The molecule has 3 atom stereocenters. The summed E-state index contributed by atoms with van der Waals surface area (Å²) >= 11 is 0. The second-order valence-corrected chi connectivity index (χ2v) is 6.61. The van der Waals surface area contributed by atoms with Gasteiger partial charge in [0.1, 0.15) is 0 Å². The summed E-state index contributed by atoms with van der Waals surface area (Å²) in [6.45, 7) is 3.17. The van der Waals surface area contributed by atoms with E-state index in [1.807, 2.05) is 12.1 Å². The summed E-state index contributed by atoms with van der Waals surface area (Å²) in [5.74, 6) is -0.182. The van der Waals surface area contributed by atoms with Crippen LogP contribution in [0, 0.1) is 0 Å². The maximum Gasteiger partial charge on any atom is 0.253 e. The molecule has 1 fully saturated rings. The van der Waals surface area contributed by atoms with Crippen LogP contribution < -0.4 is 5.32 Å². The van der Waals surface area contributed by atoms with Crippen LogP contribution in [0.15, 0.2) is 18.2 Å². The highest BCUT2D eigenvalue weighted by molar-refractivity contribution is 5.99. The predicted molar refractivity (Wildman–Crippen MR) is 84.9 cm³/mol. The number of hydrogen-bond acceptors (Lipinski definition) is 5. The van der Waals surface area contributed by atoms with E-state index >= 15 is 0 Å². The Bertz CT molecular complexity index is 602. The monoisotopic (exact) mass is 320 g/mol. The van der Waals surface area contributed by atoms with Crippen LogP contribution in [0.3, 0.4) is 0 Å². The number of nitrogens with zero attached hydrogens (tertiary/aromatic N) is 1. The Kier molecular flexibility index (Phi) is 4.42. The summed E-state index contributed by atoms with van der Waals surface area (Å²) in [6, 6.07) is 5.53. The molecule has 1 amide bonds. The molecule has 0 spiro atoms. The molecule has 1 saturated heterocycles. The molecule has 0 aromatic heterocycles. The minimum absolute atomic E-state index is 0.108. The number of carbonyl (C=O) groups is 1. The SMILES string of the molecule is COC1NC(=O)c2cc(C(C)(O)CN3CCC[C@H]3CO)ccc21. The van der Waals surface area contributed by atoms with Crippen molar-refractivity contribution in [2.75, 3.05) is 26.8 Å². The van der Waals surface area contributed by atoms with Gasteiger partial charge in [0.05, 0.1) is 12.2 Å². The molecular formula is C17H24N2O4. The van der Waals surface area contributed by atoms with Crippen LogP contribution in [0.2, 0.25) is 0 Å². The molecule has 126 valence electrons. The number of benzene rings is 1. The number of amides is 1. The molecule has 0 saturated carbocycles. The second-order valence-electron chi connectivity index (χ2n) is 6.61. The lowest BCUT2D eigenvalue weighted by atomic mass is 9.92. The number of aliphatic hydroxyl groups excluding tert-OH is 1. The fraction of sp³-hybridized carbons (Fsp3) is 0.588. The Morgan fingerprint density at radius 2 is 2.26 bits per heavy atom. The van der Waals surface area contributed by atoms with Gasteiger partial charge in [-0.3, -0.25) is 9.69 Å². The number of rotatable bonds is 5. The van der Waals surface area contributed by atoms with Gasteiger partial charge < -0.3 is 20.3 Å². The number of carbonyl (C=O) groups excluding carboxylic acids is 1. The van der Waals surface area contributed by atoms with Crippen LogP contribution in [0.25, 0.3) is 0 Å². The molecule has 0 aliphatic carbocycles. The fourth-order valence-electron chi connectivity index (χ4n) is 3.57. The summed E-state index contributed by atoms with van der Waals surface area (Å²) in [4.78, 5) is 14.2. The molecule has 1 aromatic rings. The van der Waals surface area contributed by atoms with Crippen LogP contribution >= 0.6 is 0 Å². The number of fused-ring (bicyclic) bond motifs is 1. The van der Waals surface area contributed by atoms with E-state index in [1.54, 1.807) is 20.1 Å². The summed E-state index contributed by atoms with van der Waals surface area (Å²) < 4.78 is 5.24. The molecule has 1 aromatic carbocycles. The second kappa shape index (κ2) is 6.20. The lowest BCUT2D eigenvalue weighted by Gasteiger charge is -2.32. The zero-order valence-corrected chi connectivity index (χ0v) is 13.6. The van der Waals surface area contributed by atoms with Crippen molar-refractivity contribution in [2.45, 2.75) is 37.6 Å². The van der Waals surface area contributed by atoms with Crippen LogP contribution in [-0.2, 0) is 10.3 Å². The molecule has 2 heterocycles. The zero-order valence-electron chi connectivity index (χ0n) is 13.6. The third-order valence-electron chi connectivity index (χ3n) is 4.92. The summed E-state index contributed by atoms with van der Waals surface area (Å²) in [5, 5.41) is 23.1. The fourth-order valence-corrected chi connectivity index (χ4v) is 3.57. The van der Waals surface area contributed by atoms with Crippen LogP contribution in [0.1, 0.15) is 47.5 Å². The van der Waals surface area contributed by atoms with Crippen molar-refractivity contribution in [3.05, 3.63) is 34.9 Å². The van der Waals surface area contributed by atoms with Crippen molar-refractivity contribution in [3.8, 4) is 0 Å². The Morgan fingerprint density at radius 1 is 1.48 bits per heavy atom. The molecule has 0 bridgehead atoms. The Balaban J connectivity index is 1.83. The van der Waals surface area contributed by atoms with Crippen molar-refractivity contribution in [1.82, 2.24) is 10.2 Å². The van der Waals surface area contributed by atoms with Crippen molar-refractivity contribution < 1.29 is 19.7 Å². The number of nitrogens with one attached hydrogen (secondary N) is 1. The highest BCUT2D eigenvalue weighted by Crippen LogP contribution is 2.32. The lowest BCUT2D eigenvalue weighted by Crippen LogP contribution is -2.42. The van der Waals surface area contributed by atoms with Crippen molar-refractivity contribution in [3.63, 3.8) is 0 Å². The molecule has 0 radical (unpaired) electrons. The van der Waals surface area contributed by atoms with Crippen LogP contribution in [0.5, 0.6) is 0 Å². The smallest absolute Gasteiger partial charge is 0.253 e. The number of β-amino-alcohol motifs (C(OH)–C–C–N with tert-alkyl or cyclic N) is 1. The van der Waals surface area contributed by atoms with E-state index in [1.165, 1.54) is 0 Å². The average molecular weight is 320 g/mol. The zero-order chi connectivity index (χ0) is 16.6. The van der Waals surface area contributed by atoms with Crippen molar-refractivity contribution >= 4 is 5.91 Å². The molecule has 6 nitrogen and oxygen atoms in total. The maximum atomic E-state index is 12.0. The molecule has 2 aliphatic heterocycles. The molecule has 3 rings (SSSR count). The summed E-state index contributed by atoms with van der Waals surface area (Å²) in [5.41, 5.74) is 0.964. The van der Waals surface area contributed by atoms with Gasteiger partial charge in [-0.05, 0) is 37.9 Å². The summed E-state index contributed by atoms with van der Waals surface area (Å²) in [6.07, 6.45) is 1.56. The number of methoxy groups -OCH3 is 1. The van der Waals surface area contributed by atoms with Crippen molar-refractivity contribution in [1.29, 1.82) is 0 Å². The molecule has 2 aliphatic rings. The van der Waals surface area contributed by atoms with Gasteiger partial charge in [0.2, 0.25) is 0 Å². The van der Waals surface area contributed by atoms with Gasteiger partial charge >= 0.3 is 0 Å². The van der Waals surface area contributed by atoms with E-state index in [0.29, 0.717) is 17.7 Å². The van der Waals surface area contributed by atoms with Gasteiger partial charge in [-0.2, -0.15) is 0 Å². The Morgan fingerprint density at radius 3 is 2.96 bits per heavy atom. The van der Waals surface area contributed by atoms with E-state index in [-0.39, 0.29) is 18.6 Å². The first-order chi connectivity index (χ1) is 11.0. The first-order valence-corrected chi connectivity index (χ1v) is 8.01. The van der Waals surface area contributed by atoms with Gasteiger partial charge in [-0.15, -0.1) is 0 Å². The Hall–Kier alpha value is -1.47. The van der Waals surface area contributed by atoms with E-state index in [9.17, 15) is 15.0 Å². The Labute approximate surface area is 136 Å². The minimum Gasteiger partial charge on any atom is -0.395 e. The quantitative estimate of drug-likeness (QED) is 0.745. The average Bonchev–Trinajstić information content (AvgIpc) is 3.10. The highest BCUT2D eigenvalue weighted by Gasteiger charge is 2.35. The van der Waals surface area contributed by atoms with Gasteiger partial charge in [0.25, 0.3) is 5.91 Å². The van der Waals surface area contributed by atoms with Crippen molar-refractivity contribution in [2.24, 2.45) is 0 Å². The normalized spacial score (nSPS) is 26.9. The first-order valence-electron chi connectivity index (χ1n) is 8.01. The largest absolute Gasteiger partial charge is 0.395 e. The van der Waals surface area contributed by atoms with Gasteiger partial charge in [0, 0.05) is 30.8 Å². The number of aliphatic hydroxyl groups is 2. The van der Waals surface area contributed by atoms with Gasteiger partial charge in [-0.1, -0.05) is 12.1 Å². The van der Waals surface area contributed by atoms with E-state index < -0.39 is 11.8 Å². The predicted octanol–water partition coefficient (Wildman–Crippen LogP) is 0.739. The van der Waals surface area contributed by atoms with E-state index in [4.69, 9.17) is 4.74 Å². The first kappa shape index (κ1) is 16.4. The van der Waals surface area contributed by atoms with Gasteiger partial charge in [0.15, 0.2) is 6.23 Å². The molecule has 6 heteroatoms. The topological polar surface area (TPSA) is 82.0 Å². The van der Waals surface area contributed by atoms with Gasteiger partial charge in [-0.25, -0.2) is 0 Å². The highest BCUT2D eigenvalue weighted by atomic mass is 16.5.